The summed E-state index contributed by atoms with van der Waals surface area (Å²) in [5.74, 6) is 0.717. The lowest BCUT2D eigenvalue weighted by atomic mass is 9.90. The fraction of sp³-hybridized carbons (Fsp3) is 0.588. The number of carboxylic acids is 1. The SMILES string of the molecule is CC[C@@H]1C[C@@H](COCC2CCCCC2)N(Cc2ccc(C(=O)N[C@@H](CCSC)C(=O)O)c(-c3ccccc3C)c2)C1. The molecule has 0 bridgehead atoms. The molecule has 4 rings (SSSR count). The Balaban J connectivity index is 1.53. The van der Waals surface area contributed by atoms with Gasteiger partial charge in [-0.2, -0.15) is 11.8 Å². The second-order valence-electron chi connectivity index (χ2n) is 12.0. The third-order valence-corrected chi connectivity index (χ3v) is 9.59. The number of carboxylic acid groups (broad SMARTS) is 1. The highest BCUT2D eigenvalue weighted by atomic mass is 32.2. The molecule has 224 valence electrons. The summed E-state index contributed by atoms with van der Waals surface area (Å²) in [6, 6.07) is 13.6. The van der Waals surface area contributed by atoms with Crippen LogP contribution in [0.25, 0.3) is 11.1 Å². The van der Waals surface area contributed by atoms with Gasteiger partial charge in [-0.15, -0.1) is 0 Å². The van der Waals surface area contributed by atoms with Gasteiger partial charge in [0.15, 0.2) is 0 Å². The number of likely N-dealkylation sites (tertiary alicyclic amines) is 1. The summed E-state index contributed by atoms with van der Waals surface area (Å²) < 4.78 is 6.32. The van der Waals surface area contributed by atoms with Gasteiger partial charge < -0.3 is 15.2 Å². The Morgan fingerprint density at radius 2 is 1.85 bits per heavy atom. The van der Waals surface area contributed by atoms with Crippen LogP contribution in [0.4, 0.5) is 0 Å². The Morgan fingerprint density at radius 3 is 2.56 bits per heavy atom. The van der Waals surface area contributed by atoms with E-state index in [-0.39, 0.29) is 5.91 Å². The minimum atomic E-state index is -1.00. The van der Waals surface area contributed by atoms with E-state index in [0.717, 1.165) is 54.5 Å². The third-order valence-electron chi connectivity index (χ3n) is 8.94. The Morgan fingerprint density at radius 1 is 1.07 bits per heavy atom. The van der Waals surface area contributed by atoms with E-state index in [9.17, 15) is 14.7 Å². The number of hydrogen-bond acceptors (Lipinski definition) is 5. The fourth-order valence-corrected chi connectivity index (χ4v) is 6.90. The molecular formula is C34H48N2O4S. The van der Waals surface area contributed by atoms with Gasteiger partial charge in [0, 0.05) is 31.3 Å². The molecular weight excluding hydrogens is 532 g/mol. The van der Waals surface area contributed by atoms with Gasteiger partial charge in [-0.1, -0.05) is 62.9 Å². The van der Waals surface area contributed by atoms with Crippen molar-refractivity contribution in [2.75, 3.05) is 31.8 Å². The van der Waals surface area contributed by atoms with Crippen LogP contribution in [0.2, 0.25) is 0 Å². The zero-order valence-corrected chi connectivity index (χ0v) is 25.9. The van der Waals surface area contributed by atoms with Crippen LogP contribution < -0.4 is 5.32 Å². The van der Waals surface area contributed by atoms with Crippen molar-refractivity contribution in [3.63, 3.8) is 0 Å². The van der Waals surface area contributed by atoms with Crippen molar-refractivity contribution in [1.29, 1.82) is 0 Å². The van der Waals surface area contributed by atoms with Crippen LogP contribution in [0.1, 0.15) is 79.8 Å². The zero-order chi connectivity index (χ0) is 29.2. The number of carbonyl (C=O) groups excluding carboxylic acids is 1. The maximum absolute atomic E-state index is 13.5. The van der Waals surface area contributed by atoms with E-state index in [0.29, 0.717) is 29.7 Å². The van der Waals surface area contributed by atoms with E-state index >= 15 is 0 Å². The molecule has 1 saturated heterocycles. The van der Waals surface area contributed by atoms with Gasteiger partial charge >= 0.3 is 5.97 Å². The van der Waals surface area contributed by atoms with Gasteiger partial charge in [-0.25, -0.2) is 4.79 Å². The molecule has 0 aromatic heterocycles. The Bertz CT molecular complexity index is 1150. The lowest BCUT2D eigenvalue weighted by Gasteiger charge is -2.27. The highest BCUT2D eigenvalue weighted by Gasteiger charge is 2.32. The number of rotatable bonds is 14. The molecule has 0 radical (unpaired) electrons. The zero-order valence-electron chi connectivity index (χ0n) is 25.1. The second-order valence-corrected chi connectivity index (χ2v) is 13.0. The van der Waals surface area contributed by atoms with Crippen LogP contribution in [0, 0.1) is 18.8 Å². The molecule has 2 aromatic carbocycles. The van der Waals surface area contributed by atoms with Crippen molar-refractivity contribution in [2.45, 2.75) is 83.8 Å². The largest absolute Gasteiger partial charge is 0.480 e. The number of amides is 1. The normalized spacial score (nSPS) is 20.7. The first kappa shape index (κ1) is 31.6. The maximum Gasteiger partial charge on any atom is 0.326 e. The van der Waals surface area contributed by atoms with Crippen molar-refractivity contribution >= 4 is 23.6 Å². The number of aryl methyl sites for hydroxylation is 1. The number of hydrogen-bond donors (Lipinski definition) is 2. The Labute approximate surface area is 250 Å². The van der Waals surface area contributed by atoms with Gasteiger partial charge in [0.1, 0.15) is 6.04 Å². The second kappa shape index (κ2) is 15.8. The molecule has 2 aliphatic rings. The van der Waals surface area contributed by atoms with Gasteiger partial charge in [0.05, 0.1) is 6.61 Å². The molecule has 0 unspecified atom stereocenters. The number of nitrogens with one attached hydrogen (secondary N) is 1. The van der Waals surface area contributed by atoms with Gasteiger partial charge in [0.2, 0.25) is 0 Å². The summed E-state index contributed by atoms with van der Waals surface area (Å²) in [6.07, 6.45) is 11.3. The van der Waals surface area contributed by atoms with Crippen molar-refractivity contribution < 1.29 is 19.4 Å². The first-order chi connectivity index (χ1) is 19.9. The van der Waals surface area contributed by atoms with Gasteiger partial charge in [-0.3, -0.25) is 9.69 Å². The topological polar surface area (TPSA) is 78.9 Å². The van der Waals surface area contributed by atoms with E-state index in [1.165, 1.54) is 44.9 Å². The summed E-state index contributed by atoms with van der Waals surface area (Å²) in [6.45, 7) is 7.86. The minimum Gasteiger partial charge on any atom is -0.480 e. The first-order valence-corrected chi connectivity index (χ1v) is 16.8. The Kier molecular flexibility index (Phi) is 12.1. The van der Waals surface area contributed by atoms with E-state index in [1.54, 1.807) is 11.8 Å². The molecule has 41 heavy (non-hydrogen) atoms. The molecule has 2 aromatic rings. The third kappa shape index (κ3) is 8.82. The number of ether oxygens (including phenoxy) is 1. The van der Waals surface area contributed by atoms with E-state index in [4.69, 9.17) is 4.74 Å². The van der Waals surface area contributed by atoms with Crippen LogP contribution in [-0.4, -0.2) is 65.7 Å². The Hall–Kier alpha value is -2.35. The highest BCUT2D eigenvalue weighted by Crippen LogP contribution is 2.32. The van der Waals surface area contributed by atoms with Crippen molar-refractivity contribution in [2.24, 2.45) is 11.8 Å². The number of thioether (sulfide) groups is 1. The number of nitrogens with zero attached hydrogens (tertiary/aromatic N) is 1. The first-order valence-electron chi connectivity index (χ1n) is 15.4. The summed E-state index contributed by atoms with van der Waals surface area (Å²) in [5, 5.41) is 12.5. The summed E-state index contributed by atoms with van der Waals surface area (Å²) in [7, 11) is 0. The van der Waals surface area contributed by atoms with Crippen LogP contribution in [0.5, 0.6) is 0 Å². The van der Waals surface area contributed by atoms with Crippen LogP contribution in [-0.2, 0) is 16.1 Å². The number of carbonyl (C=O) groups is 2. The lowest BCUT2D eigenvalue weighted by molar-refractivity contribution is -0.139. The number of benzene rings is 2. The van der Waals surface area contributed by atoms with Crippen molar-refractivity contribution in [1.82, 2.24) is 10.2 Å². The molecule has 6 nitrogen and oxygen atoms in total. The molecule has 1 aliphatic carbocycles. The molecule has 1 saturated carbocycles. The lowest BCUT2D eigenvalue weighted by Crippen LogP contribution is -2.41. The van der Waals surface area contributed by atoms with Crippen LogP contribution >= 0.6 is 11.8 Å². The molecule has 3 atom stereocenters. The van der Waals surface area contributed by atoms with Crippen LogP contribution in [0.15, 0.2) is 42.5 Å². The maximum atomic E-state index is 13.5. The van der Waals surface area contributed by atoms with E-state index in [2.05, 4.69) is 23.2 Å². The van der Waals surface area contributed by atoms with Gasteiger partial charge in [0.25, 0.3) is 5.91 Å². The van der Waals surface area contributed by atoms with Gasteiger partial charge in [-0.05, 0) is 90.8 Å². The average Bonchev–Trinajstić information content (AvgIpc) is 3.37. The highest BCUT2D eigenvalue weighted by molar-refractivity contribution is 7.98. The minimum absolute atomic E-state index is 0.343. The van der Waals surface area contributed by atoms with Crippen LogP contribution in [0.3, 0.4) is 0 Å². The van der Waals surface area contributed by atoms with Crippen molar-refractivity contribution in [3.8, 4) is 11.1 Å². The molecule has 1 amide bonds. The van der Waals surface area contributed by atoms with E-state index < -0.39 is 12.0 Å². The molecule has 7 heteroatoms. The smallest absolute Gasteiger partial charge is 0.326 e. The van der Waals surface area contributed by atoms with E-state index in [1.807, 2.05) is 49.6 Å². The summed E-state index contributed by atoms with van der Waals surface area (Å²) in [5.41, 5.74) is 4.60. The average molecular weight is 581 g/mol. The molecule has 1 aliphatic heterocycles. The quantitative estimate of drug-likeness (QED) is 0.256. The standard InChI is InChI=1S/C34H48N2O4S/c1-4-25-18-28(23-40-22-26-11-6-5-7-12-26)36(20-25)21-27-14-15-30(31(19-27)29-13-9-8-10-24(29)2)33(37)35-32(34(38)39)16-17-41-3/h8-10,13-15,19,25-26,28,32H,4-7,11-12,16-18,20-23H2,1-3H3,(H,35,37)(H,38,39)/t25-,28+,32+/m1/s1. The monoisotopic (exact) mass is 580 g/mol. The summed E-state index contributed by atoms with van der Waals surface area (Å²) in [4.78, 5) is 27.9. The fourth-order valence-electron chi connectivity index (χ4n) is 6.43. The molecule has 2 fully saturated rings. The van der Waals surface area contributed by atoms with Crippen molar-refractivity contribution in [3.05, 3.63) is 59.2 Å². The predicted octanol–water partition coefficient (Wildman–Crippen LogP) is 6.80. The molecule has 1 heterocycles. The predicted molar refractivity (Wildman–Crippen MR) is 168 cm³/mol. The number of aliphatic carboxylic acids is 1. The molecule has 2 N–H and O–H groups in total. The molecule has 0 spiro atoms. The summed E-state index contributed by atoms with van der Waals surface area (Å²) >= 11 is 1.57.